The van der Waals surface area contributed by atoms with Gasteiger partial charge in [-0.05, 0) is 24.3 Å². The first-order chi connectivity index (χ1) is 17.2. The van der Waals surface area contributed by atoms with Crippen LogP contribution in [-0.4, -0.2) is 95.4 Å². The van der Waals surface area contributed by atoms with Gasteiger partial charge in [0.1, 0.15) is 24.4 Å². The van der Waals surface area contributed by atoms with Crippen LogP contribution in [0, 0.1) is 0 Å². The first kappa shape index (κ1) is 25.5. The maximum Gasteiger partial charge on any atom is 0.233 e. The lowest BCUT2D eigenvalue weighted by Gasteiger charge is -2.39. The molecule has 2 aliphatic heterocycles. The van der Waals surface area contributed by atoms with Crippen molar-refractivity contribution in [2.24, 2.45) is 0 Å². The summed E-state index contributed by atoms with van der Waals surface area (Å²) in [4.78, 5) is 25.9. The van der Waals surface area contributed by atoms with Crippen molar-refractivity contribution in [3.8, 4) is 34.5 Å². The van der Waals surface area contributed by atoms with E-state index >= 15 is 0 Å². The van der Waals surface area contributed by atoms with Gasteiger partial charge in [0.25, 0.3) is 0 Å². The Morgan fingerprint density at radius 3 is 2.11 bits per heavy atom. The predicted molar refractivity (Wildman–Crippen MR) is 117 cm³/mol. The Morgan fingerprint density at radius 2 is 1.53 bits per heavy atom. The molecule has 5 atom stereocenters. The highest BCUT2D eigenvalue weighted by Gasteiger charge is 2.45. The van der Waals surface area contributed by atoms with E-state index in [1.807, 2.05) is 0 Å². The van der Waals surface area contributed by atoms with Gasteiger partial charge in [0.15, 0.2) is 23.0 Å². The number of Topliss-reactive ketones (excluding diaryl/α,β-unsaturated/α-hetero) is 2. The van der Waals surface area contributed by atoms with Gasteiger partial charge in [0.05, 0.1) is 20.8 Å². The lowest BCUT2D eigenvalue weighted by Crippen LogP contribution is -2.60. The molecule has 36 heavy (non-hydrogen) atoms. The molecule has 0 saturated carbocycles. The Balaban J connectivity index is 1.63. The van der Waals surface area contributed by atoms with Gasteiger partial charge >= 0.3 is 0 Å². The number of carbonyl (C=O) groups excluding carboxylic acids is 2. The fraction of sp³-hybridized carbons (Fsp3) is 0.391. The van der Waals surface area contributed by atoms with Crippen LogP contribution in [0.5, 0.6) is 34.5 Å². The number of rotatable bonds is 8. The third-order valence-corrected chi connectivity index (χ3v) is 5.73. The second-order valence-corrected chi connectivity index (χ2v) is 7.91. The number of fused-ring (bicyclic) bond motifs is 1. The molecule has 0 unspecified atom stereocenters. The number of aliphatic hydroxyl groups excluding tert-OH is 4. The summed E-state index contributed by atoms with van der Waals surface area (Å²) in [5.74, 6) is -2.43. The van der Waals surface area contributed by atoms with Gasteiger partial charge in [0, 0.05) is 11.1 Å². The number of hydrogen-bond acceptors (Lipinski definition) is 13. The van der Waals surface area contributed by atoms with E-state index in [1.54, 1.807) is 0 Å². The summed E-state index contributed by atoms with van der Waals surface area (Å²) in [6.45, 7) is -0.803. The minimum Gasteiger partial charge on any atom is -0.504 e. The van der Waals surface area contributed by atoms with Crippen LogP contribution in [0.4, 0.5) is 0 Å². The van der Waals surface area contributed by atoms with E-state index in [-0.39, 0.29) is 52.4 Å². The van der Waals surface area contributed by atoms with E-state index in [4.69, 9.17) is 28.4 Å². The molecule has 13 heteroatoms. The standard InChI is InChI=1S/C23H24O13/c1-31-12-4-10(17(27)16(26)9-3-11(25)21-14(6-9)33-8-34-21)5-13(32-2)22(12)36-23-20(30)19(29)18(28)15(7-24)35-23/h3-6,15,18-20,23-25,28-30H,7-8H2,1-2H3/t15-,18-,19+,20-,23+/m1/s1. The zero-order valence-electron chi connectivity index (χ0n) is 19.1. The number of phenols is 1. The molecular weight excluding hydrogens is 484 g/mol. The number of benzene rings is 2. The zero-order valence-corrected chi connectivity index (χ0v) is 19.1. The highest BCUT2D eigenvalue weighted by Crippen LogP contribution is 2.43. The number of methoxy groups -OCH3 is 2. The maximum absolute atomic E-state index is 13.0. The SMILES string of the molecule is COc1cc(C(=O)C(=O)c2cc(O)c3c(c2)OCO3)cc(OC)c1O[C@@H]1O[C@H](CO)[C@@H](O)[C@H](O)[C@H]1O. The van der Waals surface area contributed by atoms with Crippen molar-refractivity contribution in [1.82, 2.24) is 0 Å². The molecule has 2 aromatic rings. The quantitative estimate of drug-likeness (QED) is 0.224. The van der Waals surface area contributed by atoms with Crippen LogP contribution in [0.15, 0.2) is 24.3 Å². The molecule has 0 aromatic heterocycles. The predicted octanol–water partition coefficient (Wildman–Crippen LogP) is -0.618. The van der Waals surface area contributed by atoms with Crippen molar-refractivity contribution in [2.75, 3.05) is 27.6 Å². The topological polar surface area (TPSA) is 191 Å². The summed E-state index contributed by atoms with van der Waals surface area (Å²) in [5.41, 5.74) is -0.284. The average molecular weight is 508 g/mol. The molecule has 0 aliphatic carbocycles. The largest absolute Gasteiger partial charge is 0.504 e. The maximum atomic E-state index is 13.0. The smallest absolute Gasteiger partial charge is 0.233 e. The first-order valence-corrected chi connectivity index (χ1v) is 10.6. The van der Waals surface area contributed by atoms with Gasteiger partial charge in [-0.2, -0.15) is 0 Å². The van der Waals surface area contributed by atoms with E-state index in [0.717, 1.165) is 6.07 Å². The van der Waals surface area contributed by atoms with Crippen LogP contribution >= 0.6 is 0 Å². The summed E-state index contributed by atoms with van der Waals surface area (Å²) < 4.78 is 31.8. The van der Waals surface area contributed by atoms with Crippen molar-refractivity contribution < 1.29 is 63.5 Å². The molecule has 0 bridgehead atoms. The van der Waals surface area contributed by atoms with E-state index in [0.29, 0.717) is 0 Å². The molecule has 5 N–H and O–H groups in total. The second kappa shape index (κ2) is 10.2. The third-order valence-electron chi connectivity index (χ3n) is 5.73. The lowest BCUT2D eigenvalue weighted by molar-refractivity contribution is -0.277. The van der Waals surface area contributed by atoms with Crippen LogP contribution in [-0.2, 0) is 4.74 Å². The number of aliphatic hydroxyl groups is 4. The van der Waals surface area contributed by atoms with Crippen LogP contribution < -0.4 is 23.7 Å². The number of aromatic hydroxyl groups is 1. The van der Waals surface area contributed by atoms with Gasteiger partial charge < -0.3 is 54.0 Å². The van der Waals surface area contributed by atoms with Crippen LogP contribution in [0.3, 0.4) is 0 Å². The fourth-order valence-electron chi connectivity index (χ4n) is 3.79. The number of ketones is 2. The minimum absolute atomic E-state index is 0.0667. The van der Waals surface area contributed by atoms with Crippen LogP contribution in [0.2, 0.25) is 0 Å². The molecule has 0 radical (unpaired) electrons. The van der Waals surface area contributed by atoms with Gasteiger partial charge in [-0.1, -0.05) is 0 Å². The highest BCUT2D eigenvalue weighted by atomic mass is 16.7. The average Bonchev–Trinajstić information content (AvgIpc) is 3.37. The first-order valence-electron chi connectivity index (χ1n) is 10.6. The van der Waals surface area contributed by atoms with Crippen LogP contribution in [0.25, 0.3) is 0 Å². The summed E-state index contributed by atoms with van der Waals surface area (Å²) >= 11 is 0. The molecule has 0 spiro atoms. The van der Waals surface area contributed by atoms with E-state index in [2.05, 4.69) is 0 Å². The second-order valence-electron chi connectivity index (χ2n) is 7.91. The van der Waals surface area contributed by atoms with E-state index < -0.39 is 48.9 Å². The molecule has 4 rings (SSSR count). The third kappa shape index (κ3) is 4.50. The monoisotopic (exact) mass is 508 g/mol. The lowest BCUT2D eigenvalue weighted by atomic mass is 9.99. The Hall–Kier alpha value is -3.62. The highest BCUT2D eigenvalue weighted by molar-refractivity contribution is 6.49. The van der Waals surface area contributed by atoms with Crippen LogP contribution in [0.1, 0.15) is 20.7 Å². The summed E-state index contributed by atoms with van der Waals surface area (Å²) in [6.07, 6.45) is -7.76. The molecule has 1 saturated heterocycles. The molecule has 2 heterocycles. The number of phenolic OH excluding ortho intramolecular Hbond substituents is 1. The number of hydrogen-bond donors (Lipinski definition) is 5. The molecular formula is C23H24O13. The Kier molecular flexibility index (Phi) is 7.19. The van der Waals surface area contributed by atoms with Crippen molar-refractivity contribution in [3.63, 3.8) is 0 Å². The molecule has 2 aliphatic rings. The zero-order chi connectivity index (χ0) is 26.1. The number of ether oxygens (including phenoxy) is 6. The van der Waals surface area contributed by atoms with Crippen molar-refractivity contribution in [2.45, 2.75) is 30.7 Å². The normalized spacial score (nSPS) is 24.8. The van der Waals surface area contributed by atoms with Crippen molar-refractivity contribution >= 4 is 11.6 Å². The molecule has 2 aromatic carbocycles. The number of carbonyl (C=O) groups is 2. The van der Waals surface area contributed by atoms with Gasteiger partial charge in [-0.3, -0.25) is 9.59 Å². The van der Waals surface area contributed by atoms with Gasteiger partial charge in [-0.15, -0.1) is 0 Å². The molecule has 13 nitrogen and oxygen atoms in total. The molecule has 1 fully saturated rings. The summed E-state index contributed by atoms with van der Waals surface area (Å²) in [5, 5.41) is 49.7. The van der Waals surface area contributed by atoms with E-state index in [1.165, 1.54) is 32.4 Å². The van der Waals surface area contributed by atoms with Crippen molar-refractivity contribution in [3.05, 3.63) is 35.4 Å². The summed E-state index contributed by atoms with van der Waals surface area (Å²) in [7, 11) is 2.50. The molecule has 194 valence electrons. The molecule has 0 amide bonds. The minimum atomic E-state index is -1.71. The Morgan fingerprint density at radius 1 is 0.917 bits per heavy atom. The Bertz CT molecular complexity index is 1140. The Labute approximate surface area is 203 Å². The van der Waals surface area contributed by atoms with Gasteiger partial charge in [0.2, 0.25) is 36.1 Å². The fourth-order valence-corrected chi connectivity index (χ4v) is 3.79. The van der Waals surface area contributed by atoms with E-state index in [9.17, 15) is 35.1 Å². The summed E-state index contributed by atoms with van der Waals surface area (Å²) in [6, 6.07) is 4.73. The van der Waals surface area contributed by atoms with Gasteiger partial charge in [-0.25, -0.2) is 0 Å². The van der Waals surface area contributed by atoms with Crippen molar-refractivity contribution in [1.29, 1.82) is 0 Å².